The number of pyridine rings is 1. The molecular weight excluding hydrogens is 240 g/mol. The first-order valence-corrected chi connectivity index (χ1v) is 7.01. The van der Waals surface area contributed by atoms with E-state index in [4.69, 9.17) is 4.74 Å². The van der Waals surface area contributed by atoms with Crippen molar-refractivity contribution in [1.29, 1.82) is 0 Å². The molecule has 1 aliphatic rings. The van der Waals surface area contributed by atoms with Gasteiger partial charge in [0.2, 0.25) is 0 Å². The Hall–Kier alpha value is -1.58. The Morgan fingerprint density at radius 2 is 2.21 bits per heavy atom. The van der Waals surface area contributed by atoms with Crippen LogP contribution in [-0.2, 0) is 4.74 Å². The van der Waals surface area contributed by atoms with Crippen molar-refractivity contribution in [2.75, 3.05) is 18.5 Å². The maximum absolute atomic E-state index is 11.8. The first kappa shape index (κ1) is 13.8. The van der Waals surface area contributed by atoms with E-state index in [-0.39, 0.29) is 5.97 Å². The number of aromatic nitrogens is 1. The van der Waals surface area contributed by atoms with Crippen molar-refractivity contribution >= 4 is 11.8 Å². The van der Waals surface area contributed by atoms with E-state index in [0.717, 1.165) is 6.54 Å². The summed E-state index contributed by atoms with van der Waals surface area (Å²) in [5.41, 5.74) is 0.842. The Bertz CT molecular complexity index is 440. The predicted octanol–water partition coefficient (Wildman–Crippen LogP) is 3.25. The molecule has 0 atom stereocenters. The maximum Gasteiger partial charge on any atom is 0.341 e. The van der Waals surface area contributed by atoms with Gasteiger partial charge in [0, 0.05) is 12.7 Å². The summed E-state index contributed by atoms with van der Waals surface area (Å²) in [5, 5.41) is 3.32. The number of rotatable bonds is 5. The molecule has 0 unspecified atom stereocenters. The highest BCUT2D eigenvalue weighted by molar-refractivity contribution is 5.94. The monoisotopic (exact) mass is 262 g/mol. The molecule has 1 saturated carbocycles. The third-order valence-electron chi connectivity index (χ3n) is 3.80. The summed E-state index contributed by atoms with van der Waals surface area (Å²) in [5.74, 6) is 0.323. The number of anilines is 1. The Balaban J connectivity index is 2.05. The molecule has 1 heterocycles. The van der Waals surface area contributed by atoms with Crippen LogP contribution in [0.3, 0.4) is 0 Å². The number of ether oxygens (including phenoxy) is 1. The SMILES string of the molecule is CCOC(=O)c1cccnc1NCC1(C)CCCC1. The maximum atomic E-state index is 11.8. The molecule has 0 spiro atoms. The zero-order valence-corrected chi connectivity index (χ0v) is 11.7. The summed E-state index contributed by atoms with van der Waals surface area (Å²) in [4.78, 5) is 16.1. The number of carbonyl (C=O) groups excluding carboxylic acids is 1. The highest BCUT2D eigenvalue weighted by Crippen LogP contribution is 2.37. The Morgan fingerprint density at radius 1 is 1.47 bits per heavy atom. The molecule has 4 nitrogen and oxygen atoms in total. The van der Waals surface area contributed by atoms with Crippen LogP contribution in [0.4, 0.5) is 5.82 Å². The van der Waals surface area contributed by atoms with Crippen LogP contribution in [0.5, 0.6) is 0 Å². The van der Waals surface area contributed by atoms with Gasteiger partial charge in [-0.05, 0) is 37.3 Å². The Labute approximate surface area is 114 Å². The lowest BCUT2D eigenvalue weighted by molar-refractivity contribution is 0.0527. The van der Waals surface area contributed by atoms with Gasteiger partial charge in [-0.15, -0.1) is 0 Å². The summed E-state index contributed by atoms with van der Waals surface area (Å²) in [6, 6.07) is 3.51. The van der Waals surface area contributed by atoms with E-state index in [1.54, 1.807) is 25.3 Å². The first-order chi connectivity index (χ1) is 9.14. The van der Waals surface area contributed by atoms with E-state index >= 15 is 0 Å². The standard InChI is InChI=1S/C15H22N2O2/c1-3-19-14(18)12-7-6-10-16-13(12)17-11-15(2)8-4-5-9-15/h6-7,10H,3-5,8-9,11H2,1-2H3,(H,16,17). The summed E-state index contributed by atoms with van der Waals surface area (Å²) < 4.78 is 5.05. The van der Waals surface area contributed by atoms with Crippen LogP contribution < -0.4 is 5.32 Å². The molecule has 1 aromatic rings. The van der Waals surface area contributed by atoms with Gasteiger partial charge in [-0.3, -0.25) is 0 Å². The molecule has 0 aliphatic heterocycles. The van der Waals surface area contributed by atoms with Gasteiger partial charge in [0.25, 0.3) is 0 Å². The fourth-order valence-corrected chi connectivity index (χ4v) is 2.62. The zero-order valence-electron chi connectivity index (χ0n) is 11.7. The van der Waals surface area contributed by atoms with Crippen molar-refractivity contribution < 1.29 is 9.53 Å². The van der Waals surface area contributed by atoms with Crippen LogP contribution in [0.2, 0.25) is 0 Å². The molecular formula is C15H22N2O2. The molecule has 1 aliphatic carbocycles. The van der Waals surface area contributed by atoms with E-state index in [1.165, 1.54) is 25.7 Å². The Kier molecular flexibility index (Phi) is 4.40. The molecule has 0 saturated heterocycles. The lowest BCUT2D eigenvalue weighted by Crippen LogP contribution is -2.24. The second-order valence-corrected chi connectivity index (χ2v) is 5.49. The molecule has 0 bridgehead atoms. The van der Waals surface area contributed by atoms with E-state index in [0.29, 0.717) is 23.4 Å². The third-order valence-corrected chi connectivity index (χ3v) is 3.80. The average molecular weight is 262 g/mol. The van der Waals surface area contributed by atoms with E-state index in [2.05, 4.69) is 17.2 Å². The van der Waals surface area contributed by atoms with E-state index < -0.39 is 0 Å². The molecule has 1 N–H and O–H groups in total. The lowest BCUT2D eigenvalue weighted by atomic mass is 9.89. The fourth-order valence-electron chi connectivity index (χ4n) is 2.62. The van der Waals surface area contributed by atoms with E-state index in [1.807, 2.05) is 0 Å². The van der Waals surface area contributed by atoms with Gasteiger partial charge >= 0.3 is 5.97 Å². The van der Waals surface area contributed by atoms with Crippen LogP contribution in [-0.4, -0.2) is 24.1 Å². The quantitative estimate of drug-likeness (QED) is 0.828. The third kappa shape index (κ3) is 3.46. The highest BCUT2D eigenvalue weighted by Gasteiger charge is 2.28. The van der Waals surface area contributed by atoms with Crippen LogP contribution >= 0.6 is 0 Å². The molecule has 1 fully saturated rings. The molecule has 104 valence electrons. The van der Waals surface area contributed by atoms with Gasteiger partial charge in [-0.1, -0.05) is 19.8 Å². The number of hydrogen-bond acceptors (Lipinski definition) is 4. The van der Waals surface area contributed by atoms with Gasteiger partial charge in [-0.25, -0.2) is 9.78 Å². The van der Waals surface area contributed by atoms with Crippen molar-refractivity contribution in [2.24, 2.45) is 5.41 Å². The molecule has 0 aromatic carbocycles. The second-order valence-electron chi connectivity index (χ2n) is 5.49. The van der Waals surface area contributed by atoms with Crippen LogP contribution in [0.1, 0.15) is 49.9 Å². The topological polar surface area (TPSA) is 51.2 Å². The van der Waals surface area contributed by atoms with Gasteiger partial charge in [0.05, 0.1) is 6.61 Å². The van der Waals surface area contributed by atoms with Crippen molar-refractivity contribution in [1.82, 2.24) is 4.98 Å². The van der Waals surface area contributed by atoms with Gasteiger partial charge in [0.15, 0.2) is 0 Å². The van der Waals surface area contributed by atoms with Crippen molar-refractivity contribution in [2.45, 2.75) is 39.5 Å². The normalized spacial score (nSPS) is 17.2. The number of nitrogens with zero attached hydrogens (tertiary/aromatic N) is 1. The number of nitrogens with one attached hydrogen (secondary N) is 1. The fraction of sp³-hybridized carbons (Fsp3) is 0.600. The Morgan fingerprint density at radius 3 is 2.89 bits per heavy atom. The van der Waals surface area contributed by atoms with Gasteiger partial charge in [-0.2, -0.15) is 0 Å². The van der Waals surface area contributed by atoms with Crippen LogP contribution in [0, 0.1) is 5.41 Å². The largest absolute Gasteiger partial charge is 0.462 e. The zero-order chi connectivity index (χ0) is 13.7. The van der Waals surface area contributed by atoms with Crippen LogP contribution in [0.15, 0.2) is 18.3 Å². The number of hydrogen-bond donors (Lipinski definition) is 1. The van der Waals surface area contributed by atoms with Gasteiger partial charge < -0.3 is 10.1 Å². The number of carbonyl (C=O) groups is 1. The molecule has 0 radical (unpaired) electrons. The van der Waals surface area contributed by atoms with Crippen molar-refractivity contribution in [3.05, 3.63) is 23.9 Å². The lowest BCUT2D eigenvalue weighted by Gasteiger charge is -2.24. The average Bonchev–Trinajstić information content (AvgIpc) is 2.84. The minimum Gasteiger partial charge on any atom is -0.462 e. The highest BCUT2D eigenvalue weighted by atomic mass is 16.5. The molecule has 2 rings (SSSR count). The van der Waals surface area contributed by atoms with Crippen molar-refractivity contribution in [3.8, 4) is 0 Å². The molecule has 1 aromatic heterocycles. The second kappa shape index (κ2) is 6.04. The minimum atomic E-state index is -0.310. The molecule has 0 amide bonds. The van der Waals surface area contributed by atoms with Gasteiger partial charge in [0.1, 0.15) is 11.4 Å². The summed E-state index contributed by atoms with van der Waals surface area (Å²) in [7, 11) is 0. The molecule has 19 heavy (non-hydrogen) atoms. The van der Waals surface area contributed by atoms with Crippen molar-refractivity contribution in [3.63, 3.8) is 0 Å². The predicted molar refractivity (Wildman–Crippen MR) is 75.3 cm³/mol. The first-order valence-electron chi connectivity index (χ1n) is 7.01. The van der Waals surface area contributed by atoms with Crippen LogP contribution in [0.25, 0.3) is 0 Å². The smallest absolute Gasteiger partial charge is 0.341 e. The molecule has 4 heteroatoms. The minimum absolute atomic E-state index is 0.310. The summed E-state index contributed by atoms with van der Waals surface area (Å²) in [6.45, 7) is 5.34. The summed E-state index contributed by atoms with van der Waals surface area (Å²) in [6.07, 6.45) is 6.77. The van der Waals surface area contributed by atoms with E-state index in [9.17, 15) is 4.79 Å². The summed E-state index contributed by atoms with van der Waals surface area (Å²) >= 11 is 0. The number of esters is 1.